The van der Waals surface area contributed by atoms with Crippen molar-refractivity contribution >= 4 is 18.9 Å². The van der Waals surface area contributed by atoms with Gasteiger partial charge >= 0.3 is 0 Å². The van der Waals surface area contributed by atoms with Gasteiger partial charge in [0.25, 0.3) is 0 Å². The van der Waals surface area contributed by atoms with Gasteiger partial charge in [0.15, 0.2) is 0 Å². The molecule has 0 amide bonds. The van der Waals surface area contributed by atoms with Crippen molar-refractivity contribution in [3.05, 3.63) is 89.5 Å². The van der Waals surface area contributed by atoms with E-state index in [1.54, 1.807) is 72.8 Å². The summed E-state index contributed by atoms with van der Waals surface area (Å²) in [5.41, 5.74) is 1.82. The molecule has 7 heteroatoms. The molecule has 0 aromatic heterocycles. The second-order valence-corrected chi connectivity index (χ2v) is 8.40. The lowest BCUT2D eigenvalue weighted by Crippen LogP contribution is -2.51. The smallest absolute Gasteiger partial charge is 0.150 e. The van der Waals surface area contributed by atoms with Gasteiger partial charge in [-0.3, -0.25) is 14.4 Å². The molecule has 182 valence electrons. The molecule has 0 heterocycles. The third-order valence-electron chi connectivity index (χ3n) is 5.75. The van der Waals surface area contributed by atoms with Crippen LogP contribution in [0, 0.1) is 0 Å². The SMILES string of the molecule is C[N+](CCOc1ccc(C=O)cc1)(CCOc1ccc(C=O)cc1)CCOc1ccc(C=O)cc1. The molecular weight excluding hydrogens is 446 g/mol. The number of quaternary nitrogens is 1. The first-order valence-electron chi connectivity index (χ1n) is 11.4. The van der Waals surface area contributed by atoms with E-state index in [2.05, 4.69) is 7.05 Å². The van der Waals surface area contributed by atoms with Gasteiger partial charge in [0.2, 0.25) is 0 Å². The van der Waals surface area contributed by atoms with Crippen molar-refractivity contribution in [2.24, 2.45) is 0 Å². The van der Waals surface area contributed by atoms with Crippen molar-refractivity contribution in [3.63, 3.8) is 0 Å². The third kappa shape index (κ3) is 8.39. The van der Waals surface area contributed by atoms with Crippen LogP contribution < -0.4 is 14.2 Å². The van der Waals surface area contributed by atoms with Crippen molar-refractivity contribution in [2.45, 2.75) is 0 Å². The largest absolute Gasteiger partial charge is 0.488 e. The number of carbonyl (C=O) groups excluding carboxylic acids is 3. The number of hydrogen-bond donors (Lipinski definition) is 0. The quantitative estimate of drug-likeness (QED) is 0.243. The predicted molar refractivity (Wildman–Crippen MR) is 133 cm³/mol. The van der Waals surface area contributed by atoms with E-state index in [4.69, 9.17) is 14.2 Å². The molecule has 3 rings (SSSR count). The summed E-state index contributed by atoms with van der Waals surface area (Å²) in [6.07, 6.45) is 2.41. The summed E-state index contributed by atoms with van der Waals surface area (Å²) in [7, 11) is 2.12. The van der Waals surface area contributed by atoms with Crippen LogP contribution in [-0.4, -0.2) is 69.8 Å². The maximum Gasteiger partial charge on any atom is 0.150 e. The molecule has 7 nitrogen and oxygen atoms in total. The second-order valence-electron chi connectivity index (χ2n) is 8.40. The third-order valence-corrected chi connectivity index (χ3v) is 5.75. The monoisotopic (exact) mass is 476 g/mol. The molecule has 0 fully saturated rings. The molecule has 0 N–H and O–H groups in total. The Morgan fingerprint density at radius 3 is 1.00 bits per heavy atom. The Bertz CT molecular complexity index is 938. The summed E-state index contributed by atoms with van der Waals surface area (Å²) >= 11 is 0. The van der Waals surface area contributed by atoms with Gasteiger partial charge in [0.05, 0.1) is 7.05 Å². The summed E-state index contributed by atoms with van der Waals surface area (Å²) in [6, 6.07) is 21.1. The molecule has 0 aliphatic rings. The number of nitrogens with zero attached hydrogens (tertiary/aromatic N) is 1. The lowest BCUT2D eigenvalue weighted by molar-refractivity contribution is -0.909. The molecule has 0 aliphatic heterocycles. The molecule has 0 spiro atoms. The lowest BCUT2D eigenvalue weighted by atomic mass is 10.2. The zero-order chi connectivity index (χ0) is 24.9. The fraction of sp³-hybridized carbons (Fsp3) is 0.250. The minimum Gasteiger partial charge on any atom is -0.488 e. The van der Waals surface area contributed by atoms with E-state index < -0.39 is 0 Å². The summed E-state index contributed by atoms with van der Waals surface area (Å²) < 4.78 is 18.4. The van der Waals surface area contributed by atoms with Crippen LogP contribution in [0.2, 0.25) is 0 Å². The van der Waals surface area contributed by atoms with Crippen molar-refractivity contribution in [1.29, 1.82) is 0 Å². The summed E-state index contributed by atoms with van der Waals surface area (Å²) in [5, 5.41) is 0. The number of carbonyl (C=O) groups is 3. The van der Waals surface area contributed by atoms with E-state index in [1.165, 1.54) is 0 Å². The highest BCUT2D eigenvalue weighted by Gasteiger charge is 2.22. The normalized spacial score (nSPS) is 10.9. The Kier molecular flexibility index (Phi) is 9.57. The number of hydrogen-bond acceptors (Lipinski definition) is 6. The van der Waals surface area contributed by atoms with Gasteiger partial charge in [-0.15, -0.1) is 0 Å². The van der Waals surface area contributed by atoms with Crippen molar-refractivity contribution < 1.29 is 33.1 Å². The van der Waals surface area contributed by atoms with Gasteiger partial charge in [0.1, 0.15) is 75.6 Å². The summed E-state index contributed by atoms with van der Waals surface area (Å²) in [5.74, 6) is 2.13. The highest BCUT2D eigenvalue weighted by molar-refractivity contribution is 5.75. The molecule has 35 heavy (non-hydrogen) atoms. The van der Waals surface area contributed by atoms with Crippen LogP contribution in [0.4, 0.5) is 0 Å². The number of ether oxygens (including phenoxy) is 3. The average molecular weight is 477 g/mol. The zero-order valence-electron chi connectivity index (χ0n) is 19.8. The van der Waals surface area contributed by atoms with Crippen molar-refractivity contribution in [3.8, 4) is 17.2 Å². The van der Waals surface area contributed by atoms with Crippen molar-refractivity contribution in [1.82, 2.24) is 0 Å². The molecule has 0 saturated heterocycles. The van der Waals surface area contributed by atoms with Gasteiger partial charge in [-0.1, -0.05) is 0 Å². The second kappa shape index (κ2) is 13.1. The topological polar surface area (TPSA) is 78.9 Å². The van der Waals surface area contributed by atoms with Crippen LogP contribution in [0.3, 0.4) is 0 Å². The Morgan fingerprint density at radius 2 is 0.771 bits per heavy atom. The fourth-order valence-corrected chi connectivity index (χ4v) is 3.41. The maximum absolute atomic E-state index is 10.8. The fourth-order valence-electron chi connectivity index (χ4n) is 3.41. The minimum absolute atomic E-state index is 0.485. The van der Waals surface area contributed by atoms with Crippen LogP contribution in [-0.2, 0) is 0 Å². The number of benzene rings is 3. The molecule has 0 saturated carbocycles. The number of rotatable bonds is 15. The van der Waals surface area contributed by atoms with E-state index in [0.29, 0.717) is 58.2 Å². The molecule has 0 unspecified atom stereocenters. The maximum atomic E-state index is 10.8. The Balaban J connectivity index is 1.55. The molecule has 0 radical (unpaired) electrons. The Morgan fingerprint density at radius 1 is 0.514 bits per heavy atom. The average Bonchev–Trinajstić information content (AvgIpc) is 2.90. The van der Waals surface area contributed by atoms with Gasteiger partial charge in [-0.25, -0.2) is 0 Å². The summed E-state index contributed by atoms with van der Waals surface area (Å²) in [4.78, 5) is 32.5. The van der Waals surface area contributed by atoms with Crippen LogP contribution in [0.15, 0.2) is 72.8 Å². The lowest BCUT2D eigenvalue weighted by Gasteiger charge is -2.34. The number of likely N-dealkylation sites (N-methyl/N-ethyl adjacent to an activating group) is 1. The zero-order valence-corrected chi connectivity index (χ0v) is 19.8. The molecule has 3 aromatic rings. The van der Waals surface area contributed by atoms with E-state index in [1.807, 2.05) is 0 Å². The van der Waals surface area contributed by atoms with E-state index >= 15 is 0 Å². The van der Waals surface area contributed by atoms with Crippen molar-refractivity contribution in [2.75, 3.05) is 46.5 Å². The number of aldehydes is 3. The molecule has 3 aromatic carbocycles. The molecule has 0 atom stereocenters. The first-order valence-corrected chi connectivity index (χ1v) is 11.4. The van der Waals surface area contributed by atoms with Crippen LogP contribution in [0.1, 0.15) is 31.1 Å². The first-order chi connectivity index (χ1) is 17.0. The summed E-state index contributed by atoms with van der Waals surface area (Å²) in [6.45, 7) is 3.61. The van der Waals surface area contributed by atoms with Gasteiger partial charge in [0, 0.05) is 16.7 Å². The Labute approximate surface area is 205 Å². The van der Waals surface area contributed by atoms with Gasteiger partial charge in [-0.2, -0.15) is 0 Å². The van der Waals surface area contributed by atoms with E-state index in [-0.39, 0.29) is 0 Å². The van der Waals surface area contributed by atoms with Crippen LogP contribution in [0.25, 0.3) is 0 Å². The minimum atomic E-state index is 0.485. The first kappa shape index (κ1) is 25.6. The Hall–Kier alpha value is -3.97. The highest BCUT2D eigenvalue weighted by atomic mass is 16.5. The highest BCUT2D eigenvalue weighted by Crippen LogP contribution is 2.15. The van der Waals surface area contributed by atoms with E-state index in [9.17, 15) is 14.4 Å². The van der Waals surface area contributed by atoms with Gasteiger partial charge in [-0.05, 0) is 72.8 Å². The molecule has 0 aliphatic carbocycles. The van der Waals surface area contributed by atoms with Crippen LogP contribution in [0.5, 0.6) is 17.2 Å². The predicted octanol–water partition coefficient (Wildman–Crippen LogP) is 4.11. The van der Waals surface area contributed by atoms with Gasteiger partial charge < -0.3 is 18.7 Å². The molecule has 0 bridgehead atoms. The van der Waals surface area contributed by atoms with E-state index in [0.717, 1.165) is 38.5 Å². The standard InChI is InChI=1S/C28H30NO6/c1-29(14-17-33-26-8-2-23(20-30)3-9-26,15-18-34-27-10-4-24(21-31)5-11-27)16-19-35-28-12-6-25(22-32)7-13-28/h2-13,20-22H,14-19H2,1H3/q+1. The van der Waals surface area contributed by atoms with Crippen LogP contribution >= 0.6 is 0 Å². The molecular formula is C28H30NO6+.